The Balaban J connectivity index is 2.53. The fourth-order valence-electron chi connectivity index (χ4n) is 1.45. The molecule has 0 bridgehead atoms. The van der Waals surface area contributed by atoms with E-state index in [1.54, 1.807) is 20.8 Å². The molecule has 0 aliphatic carbocycles. The van der Waals surface area contributed by atoms with Gasteiger partial charge in [-0.3, -0.25) is 4.18 Å². The van der Waals surface area contributed by atoms with Gasteiger partial charge < -0.3 is 14.8 Å². The van der Waals surface area contributed by atoms with Crippen molar-refractivity contribution in [2.75, 3.05) is 19.5 Å². The van der Waals surface area contributed by atoms with Crippen LogP contribution in [0.1, 0.15) is 20.8 Å². The number of carbonyl (C=O) groups is 1. The van der Waals surface area contributed by atoms with Crippen LogP contribution in [0.15, 0.2) is 0 Å². The molecule has 7 nitrogen and oxygen atoms in total. The Kier molecular flexibility index (Phi) is 4.57. The summed E-state index contributed by atoms with van der Waals surface area (Å²) in [6.07, 6.45) is -0.386. The van der Waals surface area contributed by atoms with Gasteiger partial charge in [0.1, 0.15) is 11.7 Å². The fraction of sp³-hybridized carbons (Fsp3) is 0.900. The van der Waals surface area contributed by atoms with Crippen molar-refractivity contribution in [1.82, 2.24) is 5.32 Å². The highest BCUT2D eigenvalue weighted by molar-refractivity contribution is 7.86. The Labute approximate surface area is 107 Å². The molecule has 1 aliphatic rings. The van der Waals surface area contributed by atoms with Gasteiger partial charge in [0.05, 0.1) is 25.5 Å². The molecule has 18 heavy (non-hydrogen) atoms. The number of nitrogens with one attached hydrogen (secondary N) is 1. The summed E-state index contributed by atoms with van der Waals surface area (Å²) in [4.78, 5) is 11.5. The lowest BCUT2D eigenvalue weighted by Gasteiger charge is -2.23. The summed E-state index contributed by atoms with van der Waals surface area (Å²) in [5.41, 5.74) is -0.614. The first kappa shape index (κ1) is 15.2. The lowest BCUT2D eigenvalue weighted by molar-refractivity contribution is 0.0473. The summed E-state index contributed by atoms with van der Waals surface area (Å²) >= 11 is 0. The standard InChI is InChI=1S/C10H19NO6S/c1-10(2,3)16-9(12)11-7-5-15-6-8(7)17-18(4,13)14/h7-8H,5-6H2,1-4H3,(H,11,12)/t7-,8-/m0/s1. The second-order valence-electron chi connectivity index (χ2n) is 5.13. The van der Waals surface area contributed by atoms with Gasteiger partial charge in [0.15, 0.2) is 0 Å². The summed E-state index contributed by atoms with van der Waals surface area (Å²) in [7, 11) is -3.58. The van der Waals surface area contributed by atoms with E-state index in [1.807, 2.05) is 0 Å². The molecule has 0 saturated carbocycles. The van der Waals surface area contributed by atoms with Gasteiger partial charge in [-0.25, -0.2) is 4.79 Å². The molecule has 1 saturated heterocycles. The van der Waals surface area contributed by atoms with E-state index in [-0.39, 0.29) is 13.2 Å². The van der Waals surface area contributed by atoms with Crippen LogP contribution in [0.25, 0.3) is 0 Å². The first-order chi connectivity index (χ1) is 8.07. The van der Waals surface area contributed by atoms with Crippen LogP contribution in [-0.4, -0.2) is 51.7 Å². The number of hydrogen-bond acceptors (Lipinski definition) is 6. The number of hydrogen-bond donors (Lipinski definition) is 1. The van der Waals surface area contributed by atoms with Gasteiger partial charge in [0.25, 0.3) is 10.1 Å². The number of alkyl carbamates (subject to hydrolysis) is 1. The molecule has 1 amide bonds. The van der Waals surface area contributed by atoms with Gasteiger partial charge in [-0.2, -0.15) is 8.42 Å². The Bertz CT molecular complexity index is 399. The van der Waals surface area contributed by atoms with E-state index in [9.17, 15) is 13.2 Å². The van der Waals surface area contributed by atoms with E-state index in [0.717, 1.165) is 6.26 Å². The number of carbonyl (C=O) groups excluding carboxylic acids is 1. The third kappa shape index (κ3) is 5.65. The predicted octanol–water partition coefficient (Wildman–Crippen LogP) is 0.255. The molecule has 8 heteroatoms. The minimum atomic E-state index is -3.58. The first-order valence-electron chi connectivity index (χ1n) is 5.52. The van der Waals surface area contributed by atoms with Crippen molar-refractivity contribution in [3.63, 3.8) is 0 Å². The molecule has 0 aromatic rings. The van der Waals surface area contributed by atoms with Crippen LogP contribution in [0.3, 0.4) is 0 Å². The molecular formula is C10H19NO6S. The molecule has 0 aromatic heterocycles. The smallest absolute Gasteiger partial charge is 0.408 e. The minimum Gasteiger partial charge on any atom is -0.444 e. The molecule has 0 radical (unpaired) electrons. The van der Waals surface area contributed by atoms with E-state index in [2.05, 4.69) is 5.32 Å². The SMILES string of the molecule is CC(C)(C)OC(=O)N[C@H]1COC[C@@H]1OS(C)(=O)=O. The summed E-state index contributed by atoms with van der Waals surface area (Å²) in [6.45, 7) is 5.53. The predicted molar refractivity (Wildman–Crippen MR) is 63.7 cm³/mol. The van der Waals surface area contributed by atoms with E-state index in [1.165, 1.54) is 0 Å². The van der Waals surface area contributed by atoms with E-state index >= 15 is 0 Å². The third-order valence-corrected chi connectivity index (χ3v) is 2.63. The van der Waals surface area contributed by atoms with Gasteiger partial charge in [-0.05, 0) is 20.8 Å². The van der Waals surface area contributed by atoms with Crippen LogP contribution in [0.4, 0.5) is 4.79 Å². The topological polar surface area (TPSA) is 90.9 Å². The zero-order valence-corrected chi connectivity index (χ0v) is 11.7. The fourth-order valence-corrected chi connectivity index (χ4v) is 2.09. The summed E-state index contributed by atoms with van der Waals surface area (Å²) in [5, 5.41) is 2.53. The second-order valence-corrected chi connectivity index (χ2v) is 6.73. The van der Waals surface area contributed by atoms with Crippen molar-refractivity contribution >= 4 is 16.2 Å². The minimum absolute atomic E-state index is 0.119. The number of ether oxygens (including phenoxy) is 2. The molecule has 106 valence electrons. The molecule has 1 aliphatic heterocycles. The maximum Gasteiger partial charge on any atom is 0.408 e. The molecule has 1 fully saturated rings. The average molecular weight is 281 g/mol. The lowest BCUT2D eigenvalue weighted by Crippen LogP contribution is -2.46. The zero-order valence-electron chi connectivity index (χ0n) is 10.9. The van der Waals surface area contributed by atoms with E-state index in [4.69, 9.17) is 13.7 Å². The van der Waals surface area contributed by atoms with Crippen molar-refractivity contribution in [1.29, 1.82) is 0 Å². The van der Waals surface area contributed by atoms with Gasteiger partial charge in [-0.15, -0.1) is 0 Å². The van der Waals surface area contributed by atoms with Crippen LogP contribution >= 0.6 is 0 Å². The largest absolute Gasteiger partial charge is 0.444 e. The highest BCUT2D eigenvalue weighted by Gasteiger charge is 2.34. The first-order valence-corrected chi connectivity index (χ1v) is 7.34. The summed E-state index contributed by atoms with van der Waals surface area (Å²) < 4.78 is 37.0. The molecule has 0 aromatic carbocycles. The molecule has 1 rings (SSSR count). The van der Waals surface area contributed by atoms with Crippen LogP contribution in [0, 0.1) is 0 Å². The van der Waals surface area contributed by atoms with Crippen molar-refractivity contribution in [3.8, 4) is 0 Å². The van der Waals surface area contributed by atoms with E-state index < -0.39 is 34.0 Å². The normalized spacial score (nSPS) is 24.9. The van der Waals surface area contributed by atoms with Gasteiger partial charge in [0.2, 0.25) is 0 Å². The summed E-state index contributed by atoms with van der Waals surface area (Å²) in [6, 6.07) is -0.533. The molecular weight excluding hydrogens is 262 g/mol. The number of rotatable bonds is 3. The maximum absolute atomic E-state index is 11.5. The third-order valence-electron chi connectivity index (χ3n) is 2.03. The van der Waals surface area contributed by atoms with Crippen LogP contribution in [0.5, 0.6) is 0 Å². The Morgan fingerprint density at radius 2 is 1.94 bits per heavy atom. The zero-order chi connectivity index (χ0) is 14.0. The second kappa shape index (κ2) is 5.41. The Hall–Kier alpha value is -0.860. The molecule has 0 unspecified atom stereocenters. The van der Waals surface area contributed by atoms with Crippen molar-refractivity contribution < 1.29 is 26.9 Å². The Morgan fingerprint density at radius 1 is 1.33 bits per heavy atom. The molecule has 1 N–H and O–H groups in total. The molecule has 1 heterocycles. The molecule has 0 spiro atoms. The summed E-state index contributed by atoms with van der Waals surface area (Å²) in [5.74, 6) is 0. The highest BCUT2D eigenvalue weighted by atomic mass is 32.2. The van der Waals surface area contributed by atoms with Gasteiger partial charge >= 0.3 is 6.09 Å². The highest BCUT2D eigenvalue weighted by Crippen LogP contribution is 2.13. The van der Waals surface area contributed by atoms with Gasteiger partial charge in [-0.1, -0.05) is 0 Å². The number of amides is 1. The lowest BCUT2D eigenvalue weighted by atomic mass is 10.2. The monoisotopic (exact) mass is 281 g/mol. The Morgan fingerprint density at radius 3 is 2.44 bits per heavy atom. The van der Waals surface area contributed by atoms with Crippen LogP contribution < -0.4 is 5.32 Å². The van der Waals surface area contributed by atoms with Crippen molar-refractivity contribution in [2.45, 2.75) is 38.5 Å². The molecule has 2 atom stereocenters. The van der Waals surface area contributed by atoms with Gasteiger partial charge in [0, 0.05) is 0 Å². The maximum atomic E-state index is 11.5. The van der Waals surface area contributed by atoms with Crippen LogP contribution in [-0.2, 0) is 23.8 Å². The van der Waals surface area contributed by atoms with Crippen molar-refractivity contribution in [2.24, 2.45) is 0 Å². The quantitative estimate of drug-likeness (QED) is 0.746. The van der Waals surface area contributed by atoms with Crippen LogP contribution in [0.2, 0.25) is 0 Å². The van der Waals surface area contributed by atoms with Crippen molar-refractivity contribution in [3.05, 3.63) is 0 Å². The average Bonchev–Trinajstić information content (AvgIpc) is 2.45. The van der Waals surface area contributed by atoms with E-state index in [0.29, 0.717) is 0 Å².